The molecule has 1 atom stereocenters. The molecule has 0 radical (unpaired) electrons. The molecule has 2 aromatic rings. The summed E-state index contributed by atoms with van der Waals surface area (Å²) in [4.78, 5) is 0. The van der Waals surface area contributed by atoms with Crippen LogP contribution in [0.1, 0.15) is 37.1 Å². The zero-order valence-corrected chi connectivity index (χ0v) is 10.7. The quantitative estimate of drug-likeness (QED) is 0.850. The minimum Gasteiger partial charge on any atom is -0.387 e. The van der Waals surface area contributed by atoms with Crippen molar-refractivity contribution in [2.75, 3.05) is 0 Å². The molecular weight excluding hydrogens is 226 g/mol. The summed E-state index contributed by atoms with van der Waals surface area (Å²) in [6, 6.07) is 10.4. The van der Waals surface area contributed by atoms with Gasteiger partial charge in [0, 0.05) is 6.54 Å². The van der Waals surface area contributed by atoms with Crippen molar-refractivity contribution in [1.29, 1.82) is 0 Å². The van der Waals surface area contributed by atoms with Crippen molar-refractivity contribution in [2.45, 2.75) is 38.8 Å². The van der Waals surface area contributed by atoms with Crippen LogP contribution in [0.2, 0.25) is 0 Å². The van der Waals surface area contributed by atoms with Gasteiger partial charge >= 0.3 is 0 Å². The summed E-state index contributed by atoms with van der Waals surface area (Å²) in [5, 5.41) is 17.6. The molecule has 18 heavy (non-hydrogen) atoms. The predicted molar refractivity (Wildman–Crippen MR) is 70.0 cm³/mol. The summed E-state index contributed by atoms with van der Waals surface area (Å²) >= 11 is 0. The number of aliphatic hydroxyl groups is 1. The molecular formula is C14H19N3O. The van der Waals surface area contributed by atoms with Crippen LogP contribution in [0.25, 0.3) is 0 Å². The van der Waals surface area contributed by atoms with E-state index in [0.29, 0.717) is 12.1 Å². The van der Waals surface area contributed by atoms with E-state index in [1.54, 1.807) is 4.68 Å². The molecule has 1 aromatic heterocycles. The molecule has 0 saturated heterocycles. The molecule has 0 amide bonds. The van der Waals surface area contributed by atoms with Gasteiger partial charge in [0.05, 0.1) is 12.3 Å². The standard InChI is InChI=1S/C14H19N3O/c1-2-14(18)13-11-17(16-15-13)10-6-9-12-7-4-3-5-8-12/h3-5,7-8,11,14,18H,2,6,9-10H2,1H3. The number of hydrogen-bond donors (Lipinski definition) is 1. The smallest absolute Gasteiger partial charge is 0.111 e. The molecule has 1 aromatic carbocycles. The molecule has 4 heteroatoms. The Hall–Kier alpha value is -1.68. The summed E-state index contributed by atoms with van der Waals surface area (Å²) in [5.74, 6) is 0. The number of aryl methyl sites for hydroxylation is 2. The molecule has 0 aliphatic carbocycles. The van der Waals surface area contributed by atoms with E-state index in [9.17, 15) is 5.11 Å². The first kappa shape index (κ1) is 12.8. The molecule has 0 spiro atoms. The molecule has 2 rings (SSSR count). The lowest BCUT2D eigenvalue weighted by Gasteiger charge is -2.02. The maximum atomic E-state index is 9.63. The van der Waals surface area contributed by atoms with E-state index in [-0.39, 0.29) is 0 Å². The first-order valence-corrected chi connectivity index (χ1v) is 6.41. The number of rotatable bonds is 6. The van der Waals surface area contributed by atoms with Gasteiger partial charge < -0.3 is 5.11 Å². The number of benzene rings is 1. The van der Waals surface area contributed by atoms with Crippen molar-refractivity contribution in [1.82, 2.24) is 15.0 Å². The van der Waals surface area contributed by atoms with Gasteiger partial charge in [0.1, 0.15) is 5.69 Å². The fourth-order valence-corrected chi connectivity index (χ4v) is 1.87. The zero-order chi connectivity index (χ0) is 12.8. The molecule has 4 nitrogen and oxygen atoms in total. The Labute approximate surface area is 107 Å². The van der Waals surface area contributed by atoms with Crippen molar-refractivity contribution in [3.8, 4) is 0 Å². The Morgan fingerprint density at radius 2 is 2.06 bits per heavy atom. The summed E-state index contributed by atoms with van der Waals surface area (Å²) in [6.45, 7) is 2.76. The Morgan fingerprint density at radius 3 is 2.78 bits per heavy atom. The van der Waals surface area contributed by atoms with E-state index in [1.165, 1.54) is 5.56 Å². The molecule has 0 fully saturated rings. The second-order valence-corrected chi connectivity index (χ2v) is 4.42. The molecule has 1 N–H and O–H groups in total. The van der Waals surface area contributed by atoms with E-state index in [0.717, 1.165) is 19.4 Å². The van der Waals surface area contributed by atoms with Gasteiger partial charge in [0.2, 0.25) is 0 Å². The highest BCUT2D eigenvalue weighted by Gasteiger charge is 2.09. The van der Waals surface area contributed by atoms with Crippen molar-refractivity contribution < 1.29 is 5.11 Å². The van der Waals surface area contributed by atoms with E-state index >= 15 is 0 Å². The highest BCUT2D eigenvalue weighted by Crippen LogP contribution is 2.12. The van der Waals surface area contributed by atoms with Gasteiger partial charge in [-0.05, 0) is 24.8 Å². The average molecular weight is 245 g/mol. The minimum atomic E-state index is -0.493. The second-order valence-electron chi connectivity index (χ2n) is 4.42. The SMILES string of the molecule is CCC(O)c1cn(CCCc2ccccc2)nn1. The van der Waals surface area contributed by atoms with Gasteiger partial charge in [0.15, 0.2) is 0 Å². The van der Waals surface area contributed by atoms with Gasteiger partial charge in [-0.2, -0.15) is 0 Å². The third-order valence-electron chi connectivity index (χ3n) is 2.98. The van der Waals surface area contributed by atoms with E-state index in [4.69, 9.17) is 0 Å². The van der Waals surface area contributed by atoms with Gasteiger partial charge in [-0.25, -0.2) is 0 Å². The van der Waals surface area contributed by atoms with Crippen molar-refractivity contribution in [3.63, 3.8) is 0 Å². The monoisotopic (exact) mass is 245 g/mol. The number of aromatic nitrogens is 3. The fourth-order valence-electron chi connectivity index (χ4n) is 1.87. The van der Waals surface area contributed by atoms with Crippen molar-refractivity contribution >= 4 is 0 Å². The van der Waals surface area contributed by atoms with Crippen LogP contribution in [-0.2, 0) is 13.0 Å². The molecule has 1 unspecified atom stereocenters. The molecule has 96 valence electrons. The van der Waals surface area contributed by atoms with Crippen LogP contribution in [0.15, 0.2) is 36.5 Å². The summed E-state index contributed by atoms with van der Waals surface area (Å²) in [7, 11) is 0. The molecule has 0 aliphatic heterocycles. The number of nitrogens with zero attached hydrogens (tertiary/aromatic N) is 3. The lowest BCUT2D eigenvalue weighted by molar-refractivity contribution is 0.168. The molecule has 0 saturated carbocycles. The van der Waals surface area contributed by atoms with Crippen LogP contribution in [0.4, 0.5) is 0 Å². The van der Waals surface area contributed by atoms with Crippen LogP contribution in [0.3, 0.4) is 0 Å². The summed E-state index contributed by atoms with van der Waals surface area (Å²) < 4.78 is 1.80. The Bertz CT molecular complexity index is 467. The van der Waals surface area contributed by atoms with Gasteiger partial charge in [-0.1, -0.05) is 42.5 Å². The van der Waals surface area contributed by atoms with Gasteiger partial charge in [-0.15, -0.1) is 5.10 Å². The lowest BCUT2D eigenvalue weighted by Crippen LogP contribution is -2.00. The summed E-state index contributed by atoms with van der Waals surface area (Å²) in [6.07, 6.45) is 4.07. The minimum absolute atomic E-state index is 0.493. The Balaban J connectivity index is 1.82. The van der Waals surface area contributed by atoms with Crippen LogP contribution < -0.4 is 0 Å². The van der Waals surface area contributed by atoms with Crippen LogP contribution in [0, 0.1) is 0 Å². The Kier molecular flexibility index (Phi) is 4.47. The number of hydrogen-bond acceptors (Lipinski definition) is 3. The van der Waals surface area contributed by atoms with Crippen LogP contribution in [0.5, 0.6) is 0 Å². The van der Waals surface area contributed by atoms with Crippen molar-refractivity contribution in [2.24, 2.45) is 0 Å². The summed E-state index contributed by atoms with van der Waals surface area (Å²) in [5.41, 5.74) is 2.00. The number of aliphatic hydroxyl groups excluding tert-OH is 1. The van der Waals surface area contributed by atoms with Crippen molar-refractivity contribution in [3.05, 3.63) is 47.8 Å². The second kappa shape index (κ2) is 6.31. The maximum Gasteiger partial charge on any atom is 0.111 e. The maximum absolute atomic E-state index is 9.63. The topological polar surface area (TPSA) is 50.9 Å². The normalized spacial score (nSPS) is 12.6. The third-order valence-corrected chi connectivity index (χ3v) is 2.98. The average Bonchev–Trinajstić information content (AvgIpc) is 2.88. The first-order valence-electron chi connectivity index (χ1n) is 6.41. The van der Waals surface area contributed by atoms with Crippen LogP contribution >= 0.6 is 0 Å². The first-order chi connectivity index (χ1) is 8.79. The zero-order valence-electron chi connectivity index (χ0n) is 10.7. The molecule has 1 heterocycles. The molecule has 0 bridgehead atoms. The highest BCUT2D eigenvalue weighted by atomic mass is 16.3. The fraction of sp³-hybridized carbons (Fsp3) is 0.429. The lowest BCUT2D eigenvalue weighted by atomic mass is 10.1. The third kappa shape index (κ3) is 3.40. The highest BCUT2D eigenvalue weighted by molar-refractivity contribution is 5.14. The van der Waals surface area contributed by atoms with E-state index in [1.807, 2.05) is 19.2 Å². The van der Waals surface area contributed by atoms with Crippen LogP contribution in [-0.4, -0.2) is 20.1 Å². The van der Waals surface area contributed by atoms with E-state index < -0.39 is 6.10 Å². The van der Waals surface area contributed by atoms with Gasteiger partial charge in [0.25, 0.3) is 0 Å². The Morgan fingerprint density at radius 1 is 1.28 bits per heavy atom. The predicted octanol–water partition coefficient (Wildman–Crippen LogP) is 2.35. The van der Waals surface area contributed by atoms with E-state index in [2.05, 4.69) is 34.6 Å². The molecule has 0 aliphatic rings. The van der Waals surface area contributed by atoms with Gasteiger partial charge in [-0.3, -0.25) is 4.68 Å². The largest absolute Gasteiger partial charge is 0.387 e.